The Morgan fingerprint density at radius 3 is 2.31 bits per heavy atom. The topological polar surface area (TPSA) is 100 Å². The van der Waals surface area contributed by atoms with Crippen LogP contribution in [-0.4, -0.2) is 32.3 Å². The van der Waals surface area contributed by atoms with E-state index in [-0.39, 0.29) is 22.4 Å². The van der Waals surface area contributed by atoms with E-state index in [9.17, 15) is 41.3 Å². The third kappa shape index (κ3) is 4.63. The van der Waals surface area contributed by atoms with Crippen molar-refractivity contribution in [2.75, 3.05) is 6.61 Å². The standard InChI is InChI=1S/C15H12F6N4O4/c1-3-29-11(26)10(8-4-5-9(25(27)28)7(2)6-8)24-13(15(19,20)21)22-12(23-24)14(16,17)18/h4-6,10H,3H2,1-2H3. The number of nitro benzene ring substituents is 1. The summed E-state index contributed by atoms with van der Waals surface area (Å²) in [4.78, 5) is 25.0. The van der Waals surface area contributed by atoms with Gasteiger partial charge >= 0.3 is 18.3 Å². The highest BCUT2D eigenvalue weighted by Gasteiger charge is 2.46. The van der Waals surface area contributed by atoms with E-state index >= 15 is 0 Å². The van der Waals surface area contributed by atoms with E-state index in [1.165, 1.54) is 13.8 Å². The molecule has 1 heterocycles. The van der Waals surface area contributed by atoms with Crippen LogP contribution in [0.4, 0.5) is 32.0 Å². The molecule has 1 aromatic carbocycles. The first-order chi connectivity index (χ1) is 13.3. The Bertz CT molecular complexity index is 938. The molecule has 0 N–H and O–H groups in total. The van der Waals surface area contributed by atoms with E-state index in [1.807, 2.05) is 0 Å². The summed E-state index contributed by atoms with van der Waals surface area (Å²) in [5.41, 5.74) is -0.732. The van der Waals surface area contributed by atoms with Gasteiger partial charge in [-0.15, -0.1) is 5.10 Å². The molecule has 29 heavy (non-hydrogen) atoms. The molecule has 0 fully saturated rings. The van der Waals surface area contributed by atoms with Crippen LogP contribution in [0.15, 0.2) is 18.2 Å². The van der Waals surface area contributed by atoms with E-state index in [1.54, 1.807) is 0 Å². The van der Waals surface area contributed by atoms with Gasteiger partial charge in [0.15, 0.2) is 6.04 Å². The van der Waals surface area contributed by atoms with Crippen LogP contribution in [0.5, 0.6) is 0 Å². The summed E-state index contributed by atoms with van der Waals surface area (Å²) in [5.74, 6) is -5.51. The molecule has 0 aliphatic carbocycles. The lowest BCUT2D eigenvalue weighted by atomic mass is 10.0. The molecule has 0 aliphatic rings. The van der Waals surface area contributed by atoms with Crippen LogP contribution in [0.2, 0.25) is 0 Å². The van der Waals surface area contributed by atoms with Crippen LogP contribution in [0.1, 0.15) is 35.7 Å². The first-order valence-electron chi connectivity index (χ1n) is 7.79. The Labute approximate surface area is 158 Å². The SMILES string of the molecule is CCOC(=O)C(c1ccc([N+](=O)[O-])c(C)c1)n1nc(C(F)(F)F)nc1C(F)(F)F. The van der Waals surface area contributed by atoms with Crippen molar-refractivity contribution < 1.29 is 40.8 Å². The quantitative estimate of drug-likeness (QED) is 0.313. The van der Waals surface area contributed by atoms with Crippen molar-refractivity contribution in [3.05, 3.63) is 51.1 Å². The molecule has 0 saturated heterocycles. The van der Waals surface area contributed by atoms with Crippen LogP contribution in [0.3, 0.4) is 0 Å². The zero-order valence-electron chi connectivity index (χ0n) is 14.7. The second-order valence-corrected chi connectivity index (χ2v) is 5.66. The molecule has 158 valence electrons. The van der Waals surface area contributed by atoms with Crippen LogP contribution in [-0.2, 0) is 21.9 Å². The van der Waals surface area contributed by atoms with E-state index in [2.05, 4.69) is 14.8 Å². The largest absolute Gasteiger partial charge is 0.464 e. The maximum Gasteiger partial charge on any atom is 0.453 e. The third-order valence-electron chi connectivity index (χ3n) is 3.63. The lowest BCUT2D eigenvalue weighted by molar-refractivity contribution is -0.385. The predicted molar refractivity (Wildman–Crippen MR) is 82.6 cm³/mol. The van der Waals surface area contributed by atoms with E-state index in [4.69, 9.17) is 0 Å². The molecule has 1 aromatic heterocycles. The number of rotatable bonds is 5. The van der Waals surface area contributed by atoms with E-state index in [0.717, 1.165) is 18.2 Å². The number of aryl methyl sites for hydroxylation is 1. The molecule has 0 amide bonds. The molecule has 8 nitrogen and oxygen atoms in total. The lowest BCUT2D eigenvalue weighted by Gasteiger charge is -2.19. The Morgan fingerprint density at radius 2 is 1.86 bits per heavy atom. The minimum absolute atomic E-state index is 0.0356. The highest BCUT2D eigenvalue weighted by Crippen LogP contribution is 2.36. The van der Waals surface area contributed by atoms with Crippen molar-refractivity contribution in [2.45, 2.75) is 32.2 Å². The molecular weight excluding hydrogens is 414 g/mol. The average Bonchev–Trinajstić information content (AvgIpc) is 3.00. The fourth-order valence-corrected chi connectivity index (χ4v) is 2.47. The van der Waals surface area contributed by atoms with Crippen molar-refractivity contribution in [1.29, 1.82) is 0 Å². The Kier molecular flexibility index (Phi) is 5.85. The molecule has 14 heteroatoms. The maximum atomic E-state index is 13.3. The van der Waals surface area contributed by atoms with E-state index in [0.29, 0.717) is 0 Å². The minimum atomic E-state index is -5.38. The van der Waals surface area contributed by atoms with Gasteiger partial charge in [0.05, 0.1) is 11.5 Å². The van der Waals surface area contributed by atoms with Gasteiger partial charge in [-0.1, -0.05) is 0 Å². The number of hydrogen-bond donors (Lipinski definition) is 0. The summed E-state index contributed by atoms with van der Waals surface area (Å²) in [7, 11) is 0. The minimum Gasteiger partial charge on any atom is -0.464 e. The second-order valence-electron chi connectivity index (χ2n) is 5.66. The average molecular weight is 426 g/mol. The number of esters is 1. The van der Waals surface area contributed by atoms with Crippen LogP contribution in [0.25, 0.3) is 0 Å². The van der Waals surface area contributed by atoms with Crippen molar-refractivity contribution in [3.8, 4) is 0 Å². The number of alkyl halides is 6. The van der Waals surface area contributed by atoms with Gasteiger partial charge in [0.1, 0.15) is 0 Å². The monoisotopic (exact) mass is 426 g/mol. The fraction of sp³-hybridized carbons (Fsp3) is 0.400. The maximum absolute atomic E-state index is 13.3. The van der Waals surface area contributed by atoms with Crippen LogP contribution in [0, 0.1) is 17.0 Å². The van der Waals surface area contributed by atoms with Gasteiger partial charge < -0.3 is 4.74 Å². The first kappa shape index (κ1) is 22.1. The fourth-order valence-electron chi connectivity index (χ4n) is 2.47. The summed E-state index contributed by atoms with van der Waals surface area (Å²) in [6, 6.07) is 0.734. The van der Waals surface area contributed by atoms with Crippen molar-refractivity contribution in [3.63, 3.8) is 0 Å². The van der Waals surface area contributed by atoms with Gasteiger partial charge in [0.25, 0.3) is 11.5 Å². The number of nitrogens with zero attached hydrogens (tertiary/aromatic N) is 4. The van der Waals surface area contributed by atoms with Gasteiger partial charge in [0, 0.05) is 11.6 Å². The smallest absolute Gasteiger partial charge is 0.453 e. The third-order valence-corrected chi connectivity index (χ3v) is 3.63. The van der Waals surface area contributed by atoms with Crippen molar-refractivity contribution in [1.82, 2.24) is 14.8 Å². The van der Waals surface area contributed by atoms with Gasteiger partial charge in [-0.3, -0.25) is 10.1 Å². The number of nitro groups is 1. The summed E-state index contributed by atoms with van der Waals surface area (Å²) >= 11 is 0. The van der Waals surface area contributed by atoms with Gasteiger partial charge in [-0.25, -0.2) is 9.48 Å². The molecule has 1 atom stereocenters. The molecule has 1 unspecified atom stereocenters. The highest BCUT2D eigenvalue weighted by atomic mass is 19.4. The summed E-state index contributed by atoms with van der Waals surface area (Å²) in [6.45, 7) is 2.30. The molecule has 0 saturated carbocycles. The zero-order valence-corrected chi connectivity index (χ0v) is 14.7. The molecule has 0 bridgehead atoms. The Balaban J connectivity index is 2.74. The normalized spacial score (nSPS) is 13.2. The molecule has 0 aliphatic heterocycles. The summed E-state index contributed by atoms with van der Waals surface area (Å²) in [6.07, 6.45) is -10.7. The molecule has 2 rings (SSSR count). The number of hydrogen-bond acceptors (Lipinski definition) is 6. The van der Waals surface area contributed by atoms with Crippen molar-refractivity contribution >= 4 is 11.7 Å². The molecule has 2 aromatic rings. The Morgan fingerprint density at radius 1 is 1.24 bits per heavy atom. The first-order valence-corrected chi connectivity index (χ1v) is 7.79. The number of carbonyl (C=O) groups excluding carboxylic acids is 1. The van der Waals surface area contributed by atoms with Crippen LogP contribution < -0.4 is 0 Å². The number of aromatic nitrogens is 3. The second kappa shape index (κ2) is 7.67. The number of carbonyl (C=O) groups is 1. The molecule has 0 spiro atoms. The van der Waals surface area contributed by atoms with Crippen LogP contribution >= 0.6 is 0 Å². The predicted octanol–water partition coefficient (Wildman–Crippen LogP) is 3.68. The summed E-state index contributed by atoms with van der Waals surface area (Å²) in [5, 5.41) is 13.8. The van der Waals surface area contributed by atoms with Gasteiger partial charge in [-0.05, 0) is 31.5 Å². The summed E-state index contributed by atoms with van der Waals surface area (Å²) < 4.78 is 83.0. The van der Waals surface area contributed by atoms with Gasteiger partial charge in [-0.2, -0.15) is 31.3 Å². The molecular formula is C15H12F6N4O4. The van der Waals surface area contributed by atoms with Crippen molar-refractivity contribution in [2.24, 2.45) is 0 Å². The number of halogens is 6. The number of benzene rings is 1. The Hall–Kier alpha value is -3.19. The molecule has 0 radical (unpaired) electrons. The zero-order chi connectivity index (χ0) is 22.1. The van der Waals surface area contributed by atoms with Gasteiger partial charge in [0.2, 0.25) is 5.82 Å². The highest BCUT2D eigenvalue weighted by molar-refractivity contribution is 5.78. The van der Waals surface area contributed by atoms with E-state index < -0.39 is 46.6 Å². The lowest BCUT2D eigenvalue weighted by Crippen LogP contribution is -2.28. The number of ether oxygens (including phenoxy) is 1.